The number of hydrogen-bond acceptors (Lipinski definition) is 5. The number of carbonyl (C=O) groups excluding carboxylic acids is 3. The van der Waals surface area contributed by atoms with Gasteiger partial charge < -0.3 is 0 Å². The number of imide groups is 1. The Bertz CT molecular complexity index is 594. The summed E-state index contributed by atoms with van der Waals surface area (Å²) in [5.41, 5.74) is 0.634. The Morgan fingerprint density at radius 2 is 1.95 bits per heavy atom. The van der Waals surface area contributed by atoms with Crippen LogP contribution in [0.4, 0.5) is 5.69 Å². The highest BCUT2D eigenvalue weighted by Gasteiger charge is 2.28. The van der Waals surface area contributed by atoms with Crippen LogP contribution in [0.2, 0.25) is 0 Å². The first-order valence-electron chi connectivity index (χ1n) is 6.54. The number of ketones is 1. The number of benzene rings is 1. The van der Waals surface area contributed by atoms with Crippen molar-refractivity contribution in [2.24, 2.45) is 5.92 Å². The van der Waals surface area contributed by atoms with Crippen LogP contribution in [0.3, 0.4) is 0 Å². The predicted octanol–water partition coefficient (Wildman–Crippen LogP) is 1.15. The molecule has 1 aromatic rings. The van der Waals surface area contributed by atoms with Crippen LogP contribution in [0.1, 0.15) is 24.8 Å². The lowest BCUT2D eigenvalue weighted by atomic mass is 9.91. The minimum atomic E-state index is -0.505. The molecule has 110 valence electrons. The number of nitrogens with one attached hydrogen (secondary N) is 1. The highest BCUT2D eigenvalue weighted by molar-refractivity contribution is 6.00. The fourth-order valence-electron chi connectivity index (χ4n) is 2.24. The number of rotatable bonds is 5. The van der Waals surface area contributed by atoms with Crippen molar-refractivity contribution in [2.75, 3.05) is 0 Å². The molecular weight excluding hydrogens is 276 g/mol. The summed E-state index contributed by atoms with van der Waals surface area (Å²) in [4.78, 5) is 44.5. The van der Waals surface area contributed by atoms with E-state index in [2.05, 4.69) is 5.32 Å². The van der Waals surface area contributed by atoms with Gasteiger partial charge in [0, 0.05) is 37.3 Å². The monoisotopic (exact) mass is 290 g/mol. The topological polar surface area (TPSA) is 106 Å². The summed E-state index contributed by atoms with van der Waals surface area (Å²) >= 11 is 0. The van der Waals surface area contributed by atoms with E-state index in [4.69, 9.17) is 0 Å². The zero-order chi connectivity index (χ0) is 15.4. The highest BCUT2D eigenvalue weighted by atomic mass is 16.6. The van der Waals surface area contributed by atoms with Gasteiger partial charge in [0.1, 0.15) is 5.78 Å². The van der Waals surface area contributed by atoms with E-state index in [1.165, 1.54) is 24.3 Å². The Hall–Kier alpha value is -2.57. The van der Waals surface area contributed by atoms with Crippen molar-refractivity contribution in [1.29, 1.82) is 0 Å². The molecule has 0 aromatic heterocycles. The number of nitro groups is 1. The average Bonchev–Trinajstić information content (AvgIpc) is 2.42. The van der Waals surface area contributed by atoms with Crippen LogP contribution in [0.5, 0.6) is 0 Å². The molecule has 1 aromatic carbocycles. The zero-order valence-electron chi connectivity index (χ0n) is 11.2. The highest BCUT2D eigenvalue weighted by Crippen LogP contribution is 2.18. The molecular formula is C14H14N2O5. The Morgan fingerprint density at radius 1 is 1.29 bits per heavy atom. The zero-order valence-corrected chi connectivity index (χ0v) is 11.2. The third-order valence-electron chi connectivity index (χ3n) is 3.38. The van der Waals surface area contributed by atoms with Crippen LogP contribution >= 0.6 is 0 Å². The molecule has 0 aliphatic carbocycles. The Morgan fingerprint density at radius 3 is 2.52 bits per heavy atom. The molecule has 0 bridgehead atoms. The van der Waals surface area contributed by atoms with Crippen molar-refractivity contribution in [3.8, 4) is 0 Å². The molecule has 21 heavy (non-hydrogen) atoms. The SMILES string of the molecule is O=C(Cc1ccc([N+](=O)[O-])cc1)CC1CCC(=O)NC1=O. The molecule has 1 N–H and O–H groups in total. The molecule has 7 heteroatoms. The van der Waals surface area contributed by atoms with Crippen molar-refractivity contribution < 1.29 is 19.3 Å². The Balaban J connectivity index is 1.91. The molecule has 0 radical (unpaired) electrons. The van der Waals surface area contributed by atoms with Crippen LogP contribution in [0.15, 0.2) is 24.3 Å². The van der Waals surface area contributed by atoms with E-state index in [0.29, 0.717) is 12.0 Å². The largest absolute Gasteiger partial charge is 0.299 e. The maximum atomic E-state index is 11.9. The quantitative estimate of drug-likeness (QED) is 0.497. The number of amides is 2. The van der Waals surface area contributed by atoms with E-state index >= 15 is 0 Å². The van der Waals surface area contributed by atoms with Gasteiger partial charge in [0.15, 0.2) is 0 Å². The summed E-state index contributed by atoms with van der Waals surface area (Å²) in [6.07, 6.45) is 0.837. The second-order valence-electron chi connectivity index (χ2n) is 4.99. The van der Waals surface area contributed by atoms with Gasteiger partial charge in [-0.1, -0.05) is 12.1 Å². The number of nitrogens with zero attached hydrogens (tertiary/aromatic N) is 1. The molecule has 1 aliphatic rings. The molecule has 0 saturated carbocycles. The number of hydrogen-bond donors (Lipinski definition) is 1. The fourth-order valence-corrected chi connectivity index (χ4v) is 2.24. The van der Waals surface area contributed by atoms with Crippen molar-refractivity contribution >= 4 is 23.3 Å². The molecule has 7 nitrogen and oxygen atoms in total. The summed E-state index contributed by atoms with van der Waals surface area (Å²) in [6, 6.07) is 5.74. The minimum Gasteiger partial charge on any atom is -0.299 e. The van der Waals surface area contributed by atoms with Gasteiger partial charge in [0.2, 0.25) is 11.8 Å². The molecule has 0 spiro atoms. The number of piperidine rings is 1. The lowest BCUT2D eigenvalue weighted by Gasteiger charge is -2.19. The molecule has 2 amide bonds. The second kappa shape index (κ2) is 6.25. The smallest absolute Gasteiger partial charge is 0.269 e. The molecule has 1 saturated heterocycles. The van der Waals surface area contributed by atoms with Gasteiger partial charge in [-0.3, -0.25) is 29.8 Å². The van der Waals surface area contributed by atoms with Crippen LogP contribution in [0.25, 0.3) is 0 Å². The van der Waals surface area contributed by atoms with E-state index in [-0.39, 0.29) is 36.6 Å². The van der Waals surface area contributed by atoms with Gasteiger partial charge in [-0.05, 0) is 12.0 Å². The van der Waals surface area contributed by atoms with Gasteiger partial charge in [-0.15, -0.1) is 0 Å². The number of non-ortho nitro benzene ring substituents is 1. The number of carbonyl (C=O) groups is 3. The second-order valence-corrected chi connectivity index (χ2v) is 4.99. The van der Waals surface area contributed by atoms with E-state index in [9.17, 15) is 24.5 Å². The van der Waals surface area contributed by atoms with Gasteiger partial charge in [-0.2, -0.15) is 0 Å². The van der Waals surface area contributed by atoms with E-state index in [0.717, 1.165) is 0 Å². The number of nitro benzene ring substituents is 1. The summed E-state index contributed by atoms with van der Waals surface area (Å²) in [6.45, 7) is 0. The summed E-state index contributed by atoms with van der Waals surface area (Å²) < 4.78 is 0. The van der Waals surface area contributed by atoms with Crippen molar-refractivity contribution in [1.82, 2.24) is 5.32 Å². The molecule has 1 unspecified atom stereocenters. The van der Waals surface area contributed by atoms with E-state index in [1.54, 1.807) is 0 Å². The molecule has 1 atom stereocenters. The lowest BCUT2D eigenvalue weighted by molar-refractivity contribution is -0.384. The van der Waals surface area contributed by atoms with Gasteiger partial charge in [0.25, 0.3) is 5.69 Å². The average molecular weight is 290 g/mol. The summed E-state index contributed by atoms with van der Waals surface area (Å²) in [5, 5.41) is 12.7. The van der Waals surface area contributed by atoms with Gasteiger partial charge in [0.05, 0.1) is 4.92 Å². The first-order chi connectivity index (χ1) is 9.95. The van der Waals surface area contributed by atoms with E-state index < -0.39 is 16.7 Å². The third kappa shape index (κ3) is 3.95. The fraction of sp³-hybridized carbons (Fsp3) is 0.357. The maximum absolute atomic E-state index is 11.9. The molecule has 1 fully saturated rings. The predicted molar refractivity (Wildman–Crippen MR) is 72.3 cm³/mol. The minimum absolute atomic E-state index is 0.0311. The maximum Gasteiger partial charge on any atom is 0.269 e. The van der Waals surface area contributed by atoms with E-state index in [1.807, 2.05) is 0 Å². The first kappa shape index (κ1) is 14.8. The molecule has 2 rings (SSSR count). The van der Waals surface area contributed by atoms with Gasteiger partial charge >= 0.3 is 0 Å². The third-order valence-corrected chi connectivity index (χ3v) is 3.38. The summed E-state index contributed by atoms with van der Waals surface area (Å²) in [7, 11) is 0. The molecule has 1 heterocycles. The van der Waals surface area contributed by atoms with Gasteiger partial charge in [-0.25, -0.2) is 0 Å². The van der Waals surface area contributed by atoms with Crippen LogP contribution in [0, 0.1) is 16.0 Å². The lowest BCUT2D eigenvalue weighted by Crippen LogP contribution is -2.41. The van der Waals surface area contributed by atoms with Crippen molar-refractivity contribution in [3.05, 3.63) is 39.9 Å². The standard InChI is InChI=1S/C14H14N2O5/c17-12(8-10-3-6-13(18)15-14(10)19)7-9-1-4-11(5-2-9)16(20)21/h1-2,4-5,10H,3,6-8H2,(H,15,18,19). The molecule has 1 aliphatic heterocycles. The van der Waals surface area contributed by atoms with Crippen LogP contribution in [-0.4, -0.2) is 22.5 Å². The number of Topliss-reactive ketones (excluding diaryl/α,β-unsaturated/α-hetero) is 1. The van der Waals surface area contributed by atoms with Crippen LogP contribution in [-0.2, 0) is 20.8 Å². The summed E-state index contributed by atoms with van der Waals surface area (Å²) in [5.74, 6) is -1.30. The van der Waals surface area contributed by atoms with Crippen molar-refractivity contribution in [3.63, 3.8) is 0 Å². The Kier molecular flexibility index (Phi) is 4.42. The first-order valence-corrected chi connectivity index (χ1v) is 6.54. The van der Waals surface area contributed by atoms with Crippen molar-refractivity contribution in [2.45, 2.75) is 25.7 Å². The van der Waals surface area contributed by atoms with Crippen LogP contribution < -0.4 is 5.32 Å². The normalized spacial score (nSPS) is 18.2. The Labute approximate surface area is 120 Å².